The number of carbonyl (C=O) groups is 1. The van der Waals surface area contributed by atoms with Crippen molar-refractivity contribution in [2.24, 2.45) is 5.92 Å². The molecule has 22 heavy (non-hydrogen) atoms. The van der Waals surface area contributed by atoms with Gasteiger partial charge in [0.2, 0.25) is 5.88 Å². The molecule has 2 N–H and O–H groups in total. The quantitative estimate of drug-likeness (QED) is 0.879. The van der Waals surface area contributed by atoms with Crippen LogP contribution in [-0.4, -0.2) is 17.6 Å². The summed E-state index contributed by atoms with van der Waals surface area (Å²) >= 11 is 0. The summed E-state index contributed by atoms with van der Waals surface area (Å²) in [6, 6.07) is 6.09. The molecule has 0 bridgehead atoms. The van der Waals surface area contributed by atoms with Crippen molar-refractivity contribution in [2.45, 2.75) is 46.0 Å². The van der Waals surface area contributed by atoms with Crippen molar-refractivity contribution in [2.75, 3.05) is 6.54 Å². The van der Waals surface area contributed by atoms with Crippen LogP contribution in [0.25, 0.3) is 10.9 Å². The molecule has 118 valence electrons. The van der Waals surface area contributed by atoms with E-state index in [9.17, 15) is 4.79 Å². The fourth-order valence-electron chi connectivity index (χ4n) is 3.38. The van der Waals surface area contributed by atoms with Crippen LogP contribution in [0.2, 0.25) is 0 Å². The predicted octanol–water partition coefficient (Wildman–Crippen LogP) is 4.45. The normalized spacial score (nSPS) is 15.9. The summed E-state index contributed by atoms with van der Waals surface area (Å²) in [5.41, 5.74) is 3.39. The maximum atomic E-state index is 11.9. The summed E-state index contributed by atoms with van der Waals surface area (Å²) in [7, 11) is 0. The molecule has 0 atom stereocenters. The van der Waals surface area contributed by atoms with Gasteiger partial charge in [-0.1, -0.05) is 25.3 Å². The number of carbonyl (C=O) groups excluding carboxylic acids is 1. The summed E-state index contributed by atoms with van der Waals surface area (Å²) in [5.74, 6) is 1.11. The Morgan fingerprint density at radius 1 is 1.23 bits per heavy atom. The minimum absolute atomic E-state index is 0.369. The smallest absolute Gasteiger partial charge is 0.393 e. The summed E-state index contributed by atoms with van der Waals surface area (Å²) in [5, 5.41) is 3.99. The molecule has 1 saturated carbocycles. The van der Waals surface area contributed by atoms with Gasteiger partial charge in [0.05, 0.1) is 0 Å². The summed E-state index contributed by atoms with van der Waals surface area (Å²) in [4.78, 5) is 15.1. The number of H-pyrrole nitrogens is 1. The molecule has 4 nitrogen and oxygen atoms in total. The third-order valence-electron chi connectivity index (χ3n) is 4.53. The molecule has 0 saturated heterocycles. The number of amides is 1. The van der Waals surface area contributed by atoms with Crippen LogP contribution in [0.5, 0.6) is 5.88 Å². The molecular formula is C18H24N2O2. The first-order valence-corrected chi connectivity index (χ1v) is 8.17. The Morgan fingerprint density at radius 2 is 2.00 bits per heavy atom. The Hall–Kier alpha value is -1.97. The molecule has 1 aliphatic carbocycles. The van der Waals surface area contributed by atoms with Crippen molar-refractivity contribution in [1.29, 1.82) is 0 Å². The third kappa shape index (κ3) is 3.43. The third-order valence-corrected chi connectivity index (χ3v) is 4.53. The molecule has 1 aromatic heterocycles. The highest BCUT2D eigenvalue weighted by atomic mass is 16.6. The van der Waals surface area contributed by atoms with Crippen LogP contribution in [0.3, 0.4) is 0 Å². The van der Waals surface area contributed by atoms with Crippen molar-refractivity contribution in [3.05, 3.63) is 29.3 Å². The lowest BCUT2D eigenvalue weighted by atomic mass is 9.89. The highest BCUT2D eigenvalue weighted by molar-refractivity contribution is 5.86. The molecule has 1 amide bonds. The van der Waals surface area contributed by atoms with E-state index in [1.165, 1.54) is 43.2 Å². The van der Waals surface area contributed by atoms with E-state index >= 15 is 0 Å². The number of aromatic amines is 1. The van der Waals surface area contributed by atoms with Gasteiger partial charge in [0.25, 0.3) is 0 Å². The highest BCUT2D eigenvalue weighted by Gasteiger charge is 2.15. The van der Waals surface area contributed by atoms with Crippen molar-refractivity contribution < 1.29 is 9.53 Å². The predicted molar refractivity (Wildman–Crippen MR) is 88.4 cm³/mol. The topological polar surface area (TPSA) is 54.1 Å². The van der Waals surface area contributed by atoms with E-state index in [2.05, 4.69) is 36.3 Å². The zero-order valence-corrected chi connectivity index (χ0v) is 13.4. The number of aromatic nitrogens is 1. The average Bonchev–Trinajstić information content (AvgIpc) is 2.89. The molecule has 0 radical (unpaired) electrons. The molecule has 0 unspecified atom stereocenters. The monoisotopic (exact) mass is 300 g/mol. The fraction of sp³-hybridized carbons (Fsp3) is 0.500. The van der Waals surface area contributed by atoms with Crippen LogP contribution in [0.4, 0.5) is 4.79 Å². The molecule has 1 fully saturated rings. The minimum Gasteiger partial charge on any atom is -0.393 e. The van der Waals surface area contributed by atoms with E-state index in [4.69, 9.17) is 4.74 Å². The average molecular weight is 300 g/mol. The highest BCUT2D eigenvalue weighted by Crippen LogP contribution is 2.25. The zero-order chi connectivity index (χ0) is 15.5. The van der Waals surface area contributed by atoms with Crippen LogP contribution in [0.1, 0.15) is 43.2 Å². The molecule has 2 aromatic rings. The lowest BCUT2D eigenvalue weighted by molar-refractivity contribution is 0.195. The van der Waals surface area contributed by atoms with Gasteiger partial charge in [0.1, 0.15) is 0 Å². The number of fused-ring (bicyclic) bond motifs is 1. The van der Waals surface area contributed by atoms with Gasteiger partial charge in [-0.05, 0) is 49.8 Å². The molecule has 4 heteroatoms. The van der Waals surface area contributed by atoms with Gasteiger partial charge in [-0.2, -0.15) is 0 Å². The first-order valence-electron chi connectivity index (χ1n) is 8.17. The van der Waals surface area contributed by atoms with Gasteiger partial charge in [-0.25, -0.2) is 4.79 Å². The second-order valence-electron chi connectivity index (χ2n) is 6.45. The first kappa shape index (κ1) is 14.9. The molecule has 0 aliphatic heterocycles. The summed E-state index contributed by atoms with van der Waals surface area (Å²) in [6.45, 7) is 4.85. The van der Waals surface area contributed by atoms with E-state index in [0.717, 1.165) is 17.4 Å². The number of hydrogen-bond donors (Lipinski definition) is 2. The molecule has 1 heterocycles. The van der Waals surface area contributed by atoms with E-state index in [1.54, 1.807) is 0 Å². The minimum atomic E-state index is -0.369. The van der Waals surface area contributed by atoms with Gasteiger partial charge in [0, 0.05) is 23.5 Å². The van der Waals surface area contributed by atoms with Crippen LogP contribution >= 0.6 is 0 Å². The van der Waals surface area contributed by atoms with Gasteiger partial charge < -0.3 is 15.0 Å². The number of rotatable bonds is 3. The van der Waals surface area contributed by atoms with Crippen LogP contribution < -0.4 is 10.1 Å². The van der Waals surface area contributed by atoms with Gasteiger partial charge in [-0.3, -0.25) is 0 Å². The van der Waals surface area contributed by atoms with Gasteiger partial charge in [0.15, 0.2) is 0 Å². The number of aryl methyl sites for hydroxylation is 2. The Kier molecular flexibility index (Phi) is 4.36. The summed E-state index contributed by atoms with van der Waals surface area (Å²) < 4.78 is 5.38. The molecular weight excluding hydrogens is 276 g/mol. The second kappa shape index (κ2) is 6.42. The number of ether oxygens (including phenoxy) is 1. The maximum Gasteiger partial charge on any atom is 0.413 e. The summed E-state index contributed by atoms with van der Waals surface area (Å²) in [6.07, 6.45) is 5.95. The molecule has 3 rings (SSSR count). The Bertz CT molecular complexity index is 669. The largest absolute Gasteiger partial charge is 0.413 e. The standard InChI is InChI=1S/C18H24N2O2/c1-12-8-13(2)15-10-17(20-16(15)9-12)22-18(21)19-11-14-6-4-3-5-7-14/h8-10,14,20H,3-7,11H2,1-2H3,(H,19,21). The lowest BCUT2D eigenvalue weighted by Crippen LogP contribution is -2.32. The Balaban J connectivity index is 1.60. The number of hydrogen-bond acceptors (Lipinski definition) is 2. The van der Waals surface area contributed by atoms with Crippen LogP contribution in [-0.2, 0) is 0 Å². The van der Waals surface area contributed by atoms with Gasteiger partial charge in [-0.15, -0.1) is 0 Å². The van der Waals surface area contributed by atoms with Crippen molar-refractivity contribution in [1.82, 2.24) is 10.3 Å². The van der Waals surface area contributed by atoms with Crippen LogP contribution in [0.15, 0.2) is 18.2 Å². The van der Waals surface area contributed by atoms with E-state index in [0.29, 0.717) is 11.8 Å². The zero-order valence-electron chi connectivity index (χ0n) is 13.4. The van der Waals surface area contributed by atoms with Gasteiger partial charge >= 0.3 is 6.09 Å². The fourth-order valence-corrected chi connectivity index (χ4v) is 3.38. The Labute approximate surface area is 131 Å². The van der Waals surface area contributed by atoms with E-state index in [-0.39, 0.29) is 6.09 Å². The number of nitrogens with one attached hydrogen (secondary N) is 2. The first-order chi connectivity index (χ1) is 10.6. The van der Waals surface area contributed by atoms with Crippen molar-refractivity contribution in [3.8, 4) is 5.88 Å². The Morgan fingerprint density at radius 3 is 2.77 bits per heavy atom. The van der Waals surface area contributed by atoms with Crippen molar-refractivity contribution >= 4 is 17.0 Å². The second-order valence-corrected chi connectivity index (χ2v) is 6.45. The number of benzene rings is 1. The SMILES string of the molecule is Cc1cc(C)c2cc(OC(=O)NCC3CCCCC3)[nH]c2c1. The molecule has 1 aliphatic rings. The van der Waals surface area contributed by atoms with E-state index in [1.807, 2.05) is 6.07 Å². The maximum absolute atomic E-state index is 11.9. The van der Waals surface area contributed by atoms with Crippen molar-refractivity contribution in [3.63, 3.8) is 0 Å². The lowest BCUT2D eigenvalue weighted by Gasteiger charge is -2.21. The van der Waals surface area contributed by atoms with Crippen LogP contribution in [0, 0.1) is 19.8 Å². The van der Waals surface area contributed by atoms with E-state index < -0.39 is 0 Å². The molecule has 0 spiro atoms. The molecule has 1 aromatic carbocycles.